The molecule has 1 atom stereocenters. The first-order valence-electron chi connectivity index (χ1n) is 8.57. The summed E-state index contributed by atoms with van der Waals surface area (Å²) >= 11 is 0. The van der Waals surface area contributed by atoms with E-state index in [1.54, 1.807) is 16.8 Å². The van der Waals surface area contributed by atoms with Crippen molar-refractivity contribution in [3.63, 3.8) is 0 Å². The molecule has 4 rings (SSSR count). The van der Waals surface area contributed by atoms with Crippen LogP contribution in [-0.2, 0) is 16.1 Å². The Hall–Kier alpha value is -2.67. The van der Waals surface area contributed by atoms with Crippen LogP contribution in [0.4, 0.5) is 0 Å². The Morgan fingerprint density at radius 2 is 2.20 bits per heavy atom. The molecule has 0 spiro atoms. The van der Waals surface area contributed by atoms with E-state index in [-0.39, 0.29) is 24.0 Å². The van der Waals surface area contributed by atoms with Crippen LogP contribution in [0.25, 0.3) is 16.7 Å². The van der Waals surface area contributed by atoms with E-state index in [9.17, 15) is 9.59 Å². The Bertz CT molecular complexity index is 969. The summed E-state index contributed by atoms with van der Waals surface area (Å²) in [5, 5.41) is 2.89. The molecule has 4 heterocycles. The van der Waals surface area contributed by atoms with Crippen molar-refractivity contribution in [3.8, 4) is 0 Å². The number of fused-ring (bicyclic) bond motifs is 3. The zero-order valence-electron chi connectivity index (χ0n) is 13.9. The lowest BCUT2D eigenvalue weighted by molar-refractivity contribution is -0.121. The van der Waals surface area contributed by atoms with Crippen LogP contribution in [0, 0.1) is 0 Å². The lowest BCUT2D eigenvalue weighted by atomic mass is 10.2. The summed E-state index contributed by atoms with van der Waals surface area (Å²) < 4.78 is 8.91. The highest BCUT2D eigenvalue weighted by Gasteiger charge is 2.17. The van der Waals surface area contributed by atoms with Gasteiger partial charge in [-0.2, -0.15) is 0 Å². The minimum absolute atomic E-state index is 0.0817. The number of carbonyl (C=O) groups is 1. The van der Waals surface area contributed by atoms with Gasteiger partial charge in [0.05, 0.1) is 11.6 Å². The molecular weight excluding hydrogens is 320 g/mol. The zero-order chi connectivity index (χ0) is 17.2. The summed E-state index contributed by atoms with van der Waals surface area (Å²) in [5.74, 6) is -0.0817. The predicted molar refractivity (Wildman–Crippen MR) is 93.6 cm³/mol. The molecule has 1 saturated heterocycles. The molecular formula is C18H20N4O3. The number of nitrogens with zero attached hydrogens (tertiary/aromatic N) is 3. The molecule has 130 valence electrons. The monoisotopic (exact) mass is 340 g/mol. The lowest BCUT2D eigenvalue weighted by Crippen LogP contribution is -2.33. The SMILES string of the molecule is O=C(CCn1c(=O)c2cccn2c2cccnc21)NCC1CCCO1. The number of nitrogens with one attached hydrogen (secondary N) is 1. The molecule has 1 unspecified atom stereocenters. The molecule has 3 aromatic rings. The fourth-order valence-corrected chi connectivity index (χ4v) is 3.33. The Kier molecular flexibility index (Phi) is 4.23. The quantitative estimate of drug-likeness (QED) is 0.760. The molecule has 1 amide bonds. The topological polar surface area (TPSA) is 77.6 Å². The summed E-state index contributed by atoms with van der Waals surface area (Å²) in [4.78, 5) is 29.2. The van der Waals surface area contributed by atoms with E-state index in [1.807, 2.05) is 28.8 Å². The zero-order valence-corrected chi connectivity index (χ0v) is 13.9. The minimum atomic E-state index is -0.136. The van der Waals surface area contributed by atoms with Gasteiger partial charge in [-0.15, -0.1) is 0 Å². The van der Waals surface area contributed by atoms with Gasteiger partial charge in [0.15, 0.2) is 5.65 Å². The van der Waals surface area contributed by atoms with Crippen molar-refractivity contribution in [2.75, 3.05) is 13.2 Å². The van der Waals surface area contributed by atoms with Gasteiger partial charge in [0.25, 0.3) is 5.56 Å². The van der Waals surface area contributed by atoms with Gasteiger partial charge >= 0.3 is 0 Å². The van der Waals surface area contributed by atoms with E-state index in [2.05, 4.69) is 10.3 Å². The average molecular weight is 340 g/mol. The van der Waals surface area contributed by atoms with E-state index in [4.69, 9.17) is 4.74 Å². The third-order valence-corrected chi connectivity index (χ3v) is 4.61. The Balaban J connectivity index is 1.55. The summed E-state index contributed by atoms with van der Waals surface area (Å²) in [6.07, 6.45) is 5.88. The van der Waals surface area contributed by atoms with Gasteiger partial charge in [-0.3, -0.25) is 14.2 Å². The highest BCUT2D eigenvalue weighted by atomic mass is 16.5. The van der Waals surface area contributed by atoms with Crippen LogP contribution >= 0.6 is 0 Å². The van der Waals surface area contributed by atoms with Crippen molar-refractivity contribution < 1.29 is 9.53 Å². The van der Waals surface area contributed by atoms with Crippen LogP contribution in [0.5, 0.6) is 0 Å². The normalized spacial score (nSPS) is 17.4. The fourth-order valence-electron chi connectivity index (χ4n) is 3.33. The second-order valence-corrected chi connectivity index (χ2v) is 6.26. The Morgan fingerprint density at radius 3 is 3.04 bits per heavy atom. The highest BCUT2D eigenvalue weighted by molar-refractivity contribution is 5.77. The maximum absolute atomic E-state index is 12.7. The molecule has 1 aliphatic heterocycles. The summed E-state index contributed by atoms with van der Waals surface area (Å²) in [6, 6.07) is 7.37. The van der Waals surface area contributed by atoms with Gasteiger partial charge in [0, 0.05) is 38.5 Å². The van der Waals surface area contributed by atoms with E-state index in [1.165, 1.54) is 0 Å². The standard InChI is InChI=1S/C18H20N4O3/c23-16(20-12-13-4-3-11-25-13)7-10-22-17-14(5-1-8-19-17)21-9-2-6-15(21)18(22)24/h1-2,5-6,8-9,13H,3-4,7,10-12H2,(H,20,23). The molecule has 0 saturated carbocycles. The number of carbonyl (C=O) groups excluding carboxylic acids is 1. The van der Waals surface area contributed by atoms with Gasteiger partial charge < -0.3 is 14.5 Å². The summed E-state index contributed by atoms with van der Waals surface area (Å²) in [5.41, 5.74) is 1.88. The van der Waals surface area contributed by atoms with Crippen LogP contribution in [0.2, 0.25) is 0 Å². The number of aromatic nitrogens is 3. The number of hydrogen-bond acceptors (Lipinski definition) is 4. The smallest absolute Gasteiger partial charge is 0.276 e. The summed E-state index contributed by atoms with van der Waals surface area (Å²) in [6.45, 7) is 1.60. The van der Waals surface area contributed by atoms with Crippen LogP contribution in [0.1, 0.15) is 19.3 Å². The molecule has 3 aromatic heterocycles. The molecule has 0 radical (unpaired) electrons. The van der Waals surface area contributed by atoms with Gasteiger partial charge in [-0.05, 0) is 37.1 Å². The maximum Gasteiger partial charge on any atom is 0.276 e. The number of hydrogen-bond donors (Lipinski definition) is 1. The molecule has 7 heteroatoms. The van der Waals surface area contributed by atoms with E-state index >= 15 is 0 Å². The van der Waals surface area contributed by atoms with Crippen molar-refractivity contribution in [2.24, 2.45) is 0 Å². The Morgan fingerprint density at radius 1 is 1.32 bits per heavy atom. The molecule has 1 fully saturated rings. The second-order valence-electron chi connectivity index (χ2n) is 6.26. The van der Waals surface area contributed by atoms with Crippen LogP contribution < -0.4 is 10.9 Å². The van der Waals surface area contributed by atoms with Crippen molar-refractivity contribution in [1.82, 2.24) is 19.3 Å². The van der Waals surface area contributed by atoms with E-state index < -0.39 is 0 Å². The molecule has 25 heavy (non-hydrogen) atoms. The molecule has 0 aliphatic carbocycles. The lowest BCUT2D eigenvalue weighted by Gasteiger charge is -2.13. The number of amides is 1. The van der Waals surface area contributed by atoms with Crippen molar-refractivity contribution in [1.29, 1.82) is 0 Å². The largest absolute Gasteiger partial charge is 0.376 e. The fraction of sp³-hybridized carbons (Fsp3) is 0.389. The van der Waals surface area contributed by atoms with Gasteiger partial charge in [-0.25, -0.2) is 4.98 Å². The third kappa shape index (κ3) is 3.02. The van der Waals surface area contributed by atoms with Crippen molar-refractivity contribution in [2.45, 2.75) is 31.9 Å². The maximum atomic E-state index is 12.7. The highest BCUT2D eigenvalue weighted by Crippen LogP contribution is 2.13. The second kappa shape index (κ2) is 6.68. The first kappa shape index (κ1) is 15.8. The van der Waals surface area contributed by atoms with Crippen molar-refractivity contribution >= 4 is 22.6 Å². The van der Waals surface area contributed by atoms with Gasteiger partial charge in [0.1, 0.15) is 5.52 Å². The predicted octanol–water partition coefficient (Wildman–Crippen LogP) is 1.33. The van der Waals surface area contributed by atoms with Gasteiger partial charge in [-0.1, -0.05) is 0 Å². The molecule has 7 nitrogen and oxygen atoms in total. The number of rotatable bonds is 5. The average Bonchev–Trinajstić information content (AvgIpc) is 3.31. The molecule has 1 aliphatic rings. The molecule has 0 bridgehead atoms. The van der Waals surface area contributed by atoms with Gasteiger partial charge in [0.2, 0.25) is 5.91 Å². The first-order valence-corrected chi connectivity index (χ1v) is 8.57. The number of aryl methyl sites for hydroxylation is 1. The third-order valence-electron chi connectivity index (χ3n) is 4.61. The van der Waals surface area contributed by atoms with E-state index in [0.29, 0.717) is 24.3 Å². The van der Waals surface area contributed by atoms with E-state index in [0.717, 1.165) is 25.0 Å². The van der Waals surface area contributed by atoms with Crippen molar-refractivity contribution in [3.05, 3.63) is 47.0 Å². The molecule has 0 aromatic carbocycles. The van der Waals surface area contributed by atoms with Crippen LogP contribution in [0.3, 0.4) is 0 Å². The first-order chi connectivity index (χ1) is 12.2. The molecule has 1 N–H and O–H groups in total. The number of ether oxygens (including phenoxy) is 1. The summed E-state index contributed by atoms with van der Waals surface area (Å²) in [7, 11) is 0. The Labute approximate surface area is 144 Å². The van der Waals surface area contributed by atoms with Crippen LogP contribution in [0.15, 0.2) is 41.5 Å². The number of pyridine rings is 1. The van der Waals surface area contributed by atoms with Crippen LogP contribution in [-0.4, -0.2) is 39.1 Å². The minimum Gasteiger partial charge on any atom is -0.376 e.